The van der Waals surface area contributed by atoms with E-state index in [0.29, 0.717) is 11.6 Å². The third kappa shape index (κ3) is 2.27. The monoisotopic (exact) mass is 252 g/mol. The number of hydrogen-bond acceptors (Lipinski definition) is 4. The number of nitrogens with zero attached hydrogens (tertiary/aromatic N) is 1. The van der Waals surface area contributed by atoms with Gasteiger partial charge in [0.25, 0.3) is 0 Å². The van der Waals surface area contributed by atoms with E-state index in [2.05, 4.69) is 21.6 Å². The minimum atomic E-state index is -0.399. The first-order valence-corrected chi connectivity index (χ1v) is 6.30. The minimum absolute atomic E-state index is 0.377. The molecule has 1 heterocycles. The van der Waals surface area contributed by atoms with E-state index < -0.39 is 5.97 Å². The Labute approximate surface area is 107 Å². The average Bonchev–Trinajstić information content (AvgIpc) is 2.87. The van der Waals surface area contributed by atoms with Gasteiger partial charge in [-0.2, -0.15) is 0 Å². The normalized spacial score (nSPS) is 28.1. The third-order valence-corrected chi connectivity index (χ3v) is 3.76. The molecule has 18 heavy (non-hydrogen) atoms. The van der Waals surface area contributed by atoms with Crippen LogP contribution in [0.3, 0.4) is 0 Å². The second kappa shape index (κ2) is 5.10. The SMILES string of the molecule is COC(=O)c1cnc(C2(OC)CCCC(C)C2)[nH]1. The standard InChI is InChI=1S/C13H20N2O3/c1-9-5-4-6-13(7-9,18-3)12-14-8-10(15-12)11(16)17-2/h8-9H,4-7H2,1-3H3,(H,14,15). The molecule has 0 radical (unpaired) electrons. The number of aromatic amines is 1. The van der Waals surface area contributed by atoms with Crippen LogP contribution in [0.15, 0.2) is 6.20 Å². The van der Waals surface area contributed by atoms with Crippen molar-refractivity contribution in [2.75, 3.05) is 14.2 Å². The number of H-pyrrole nitrogens is 1. The number of ether oxygens (including phenoxy) is 2. The topological polar surface area (TPSA) is 64.2 Å². The van der Waals surface area contributed by atoms with Gasteiger partial charge in [-0.15, -0.1) is 0 Å². The molecule has 1 aliphatic carbocycles. The van der Waals surface area contributed by atoms with Crippen molar-refractivity contribution < 1.29 is 14.3 Å². The molecule has 2 atom stereocenters. The summed E-state index contributed by atoms with van der Waals surface area (Å²) in [5, 5.41) is 0. The molecular weight excluding hydrogens is 232 g/mol. The summed E-state index contributed by atoms with van der Waals surface area (Å²) in [6, 6.07) is 0. The van der Waals surface area contributed by atoms with Gasteiger partial charge >= 0.3 is 5.97 Å². The summed E-state index contributed by atoms with van der Waals surface area (Å²) in [5.41, 5.74) is -0.00799. The number of aromatic nitrogens is 2. The van der Waals surface area contributed by atoms with Crippen LogP contribution in [-0.4, -0.2) is 30.2 Å². The predicted molar refractivity (Wildman–Crippen MR) is 66.2 cm³/mol. The fourth-order valence-corrected chi connectivity index (χ4v) is 2.77. The Hall–Kier alpha value is -1.36. The first-order chi connectivity index (χ1) is 8.61. The molecule has 1 aliphatic rings. The van der Waals surface area contributed by atoms with Crippen molar-refractivity contribution in [1.82, 2.24) is 9.97 Å². The molecular formula is C13H20N2O3. The smallest absolute Gasteiger partial charge is 0.356 e. The molecule has 1 fully saturated rings. The zero-order chi connectivity index (χ0) is 13.2. The fourth-order valence-electron chi connectivity index (χ4n) is 2.77. The number of carbonyl (C=O) groups excluding carboxylic acids is 1. The van der Waals surface area contributed by atoms with Crippen LogP contribution in [0.1, 0.15) is 48.9 Å². The lowest BCUT2D eigenvalue weighted by Crippen LogP contribution is -2.35. The summed E-state index contributed by atoms with van der Waals surface area (Å²) < 4.78 is 10.4. The second-order valence-corrected chi connectivity index (χ2v) is 5.04. The van der Waals surface area contributed by atoms with Gasteiger partial charge in [0.15, 0.2) is 0 Å². The molecule has 0 amide bonds. The molecule has 0 saturated heterocycles. The van der Waals surface area contributed by atoms with E-state index in [1.165, 1.54) is 19.7 Å². The molecule has 1 aromatic rings. The van der Waals surface area contributed by atoms with E-state index in [1.807, 2.05) is 0 Å². The van der Waals surface area contributed by atoms with E-state index in [1.54, 1.807) is 7.11 Å². The van der Waals surface area contributed by atoms with E-state index in [9.17, 15) is 4.79 Å². The van der Waals surface area contributed by atoms with Crippen LogP contribution in [-0.2, 0) is 15.1 Å². The molecule has 1 aromatic heterocycles. The van der Waals surface area contributed by atoms with Crippen molar-refractivity contribution in [2.24, 2.45) is 5.92 Å². The van der Waals surface area contributed by atoms with Gasteiger partial charge in [-0.1, -0.05) is 13.3 Å². The largest absolute Gasteiger partial charge is 0.464 e. The Morgan fingerprint density at radius 3 is 2.94 bits per heavy atom. The Bertz CT molecular complexity index is 430. The van der Waals surface area contributed by atoms with Crippen LogP contribution in [0.5, 0.6) is 0 Å². The summed E-state index contributed by atoms with van der Waals surface area (Å²) in [5.74, 6) is 0.936. The molecule has 5 heteroatoms. The van der Waals surface area contributed by atoms with Gasteiger partial charge < -0.3 is 14.5 Å². The van der Waals surface area contributed by atoms with Crippen molar-refractivity contribution in [2.45, 2.75) is 38.2 Å². The molecule has 0 aromatic carbocycles. The van der Waals surface area contributed by atoms with Gasteiger partial charge in [0.05, 0.1) is 13.3 Å². The highest BCUT2D eigenvalue weighted by molar-refractivity contribution is 5.86. The Kier molecular flexibility index (Phi) is 3.71. The van der Waals surface area contributed by atoms with Crippen molar-refractivity contribution in [3.8, 4) is 0 Å². The maximum Gasteiger partial charge on any atom is 0.356 e. The summed E-state index contributed by atoms with van der Waals surface area (Å²) >= 11 is 0. The number of methoxy groups -OCH3 is 2. The predicted octanol–water partition coefficient (Wildman–Crippen LogP) is 2.25. The second-order valence-electron chi connectivity index (χ2n) is 5.04. The molecule has 100 valence electrons. The number of esters is 1. The highest BCUT2D eigenvalue weighted by Crippen LogP contribution is 2.41. The number of imidazole rings is 1. The van der Waals surface area contributed by atoms with Crippen LogP contribution in [0.4, 0.5) is 0 Å². The maximum absolute atomic E-state index is 11.4. The molecule has 5 nitrogen and oxygen atoms in total. The van der Waals surface area contributed by atoms with Crippen LogP contribution < -0.4 is 0 Å². The highest BCUT2D eigenvalue weighted by atomic mass is 16.5. The first-order valence-electron chi connectivity index (χ1n) is 6.30. The van der Waals surface area contributed by atoms with Crippen molar-refractivity contribution in [3.05, 3.63) is 17.7 Å². The summed E-state index contributed by atoms with van der Waals surface area (Å²) in [6.45, 7) is 2.22. The van der Waals surface area contributed by atoms with Crippen molar-refractivity contribution in [1.29, 1.82) is 0 Å². The van der Waals surface area contributed by atoms with E-state index in [4.69, 9.17) is 4.74 Å². The number of rotatable bonds is 3. The molecule has 0 bridgehead atoms. The molecule has 0 aliphatic heterocycles. The van der Waals surface area contributed by atoms with E-state index in [0.717, 1.165) is 25.1 Å². The maximum atomic E-state index is 11.4. The zero-order valence-electron chi connectivity index (χ0n) is 11.2. The van der Waals surface area contributed by atoms with Crippen molar-refractivity contribution in [3.63, 3.8) is 0 Å². The Morgan fingerprint density at radius 1 is 1.56 bits per heavy atom. The fraction of sp³-hybridized carbons (Fsp3) is 0.692. The highest BCUT2D eigenvalue weighted by Gasteiger charge is 2.39. The van der Waals surface area contributed by atoms with E-state index >= 15 is 0 Å². The van der Waals surface area contributed by atoms with Gasteiger partial charge in [-0.25, -0.2) is 9.78 Å². The minimum Gasteiger partial charge on any atom is -0.464 e. The van der Waals surface area contributed by atoms with Crippen LogP contribution in [0, 0.1) is 5.92 Å². The summed E-state index contributed by atoms with van der Waals surface area (Å²) in [6.07, 6.45) is 5.71. The van der Waals surface area contributed by atoms with Gasteiger partial charge in [0, 0.05) is 7.11 Å². The average molecular weight is 252 g/mol. The van der Waals surface area contributed by atoms with Gasteiger partial charge in [0.2, 0.25) is 0 Å². The first kappa shape index (κ1) is 13.1. The lowest BCUT2D eigenvalue weighted by atomic mass is 9.78. The quantitative estimate of drug-likeness (QED) is 0.838. The Balaban J connectivity index is 2.27. The third-order valence-electron chi connectivity index (χ3n) is 3.76. The zero-order valence-corrected chi connectivity index (χ0v) is 11.2. The lowest BCUT2D eigenvalue weighted by Gasteiger charge is -2.37. The van der Waals surface area contributed by atoms with Gasteiger partial charge in [-0.3, -0.25) is 0 Å². The Morgan fingerprint density at radius 2 is 2.33 bits per heavy atom. The van der Waals surface area contributed by atoms with Crippen LogP contribution in [0.25, 0.3) is 0 Å². The summed E-state index contributed by atoms with van der Waals surface area (Å²) in [4.78, 5) is 18.8. The number of carbonyl (C=O) groups is 1. The van der Waals surface area contributed by atoms with E-state index in [-0.39, 0.29) is 5.60 Å². The summed E-state index contributed by atoms with van der Waals surface area (Å²) in [7, 11) is 3.07. The van der Waals surface area contributed by atoms with Crippen molar-refractivity contribution >= 4 is 5.97 Å². The molecule has 1 N–H and O–H groups in total. The molecule has 1 saturated carbocycles. The number of nitrogens with one attached hydrogen (secondary N) is 1. The lowest BCUT2D eigenvalue weighted by molar-refractivity contribution is -0.0641. The molecule has 2 rings (SSSR count). The van der Waals surface area contributed by atoms with Gasteiger partial charge in [-0.05, 0) is 25.2 Å². The number of hydrogen-bond donors (Lipinski definition) is 1. The van der Waals surface area contributed by atoms with Crippen LogP contribution >= 0.6 is 0 Å². The molecule has 2 unspecified atom stereocenters. The van der Waals surface area contributed by atoms with Gasteiger partial charge in [0.1, 0.15) is 17.1 Å². The molecule has 0 spiro atoms. The van der Waals surface area contributed by atoms with Crippen LogP contribution in [0.2, 0.25) is 0 Å².